The minimum atomic E-state index is -1.79. The van der Waals surface area contributed by atoms with Crippen molar-refractivity contribution in [2.24, 2.45) is 0 Å². The van der Waals surface area contributed by atoms with E-state index in [1.54, 1.807) is 29.6 Å². The van der Waals surface area contributed by atoms with Gasteiger partial charge in [0.2, 0.25) is 0 Å². The van der Waals surface area contributed by atoms with E-state index in [1.807, 2.05) is 0 Å². The highest BCUT2D eigenvalue weighted by Crippen LogP contribution is 2.32. The number of carbonyl (C=O) groups is 2. The third-order valence-corrected chi connectivity index (χ3v) is 5.68. The predicted octanol–water partition coefficient (Wildman–Crippen LogP) is 6.28. The second-order valence-electron chi connectivity index (χ2n) is 8.21. The van der Waals surface area contributed by atoms with E-state index in [1.165, 1.54) is 37.6 Å². The molecular formula is C27H17F4N3O5. The fourth-order valence-electron chi connectivity index (χ4n) is 3.76. The topological polar surface area (TPSA) is 107 Å². The molecule has 3 aromatic heterocycles. The smallest absolute Gasteiger partial charge is 0.338 e. The zero-order valence-electron chi connectivity index (χ0n) is 20.0. The van der Waals surface area contributed by atoms with E-state index in [4.69, 9.17) is 13.6 Å². The number of hydrogen-bond acceptors (Lipinski definition) is 7. The van der Waals surface area contributed by atoms with Gasteiger partial charge in [0.25, 0.3) is 5.91 Å². The van der Waals surface area contributed by atoms with Gasteiger partial charge in [0.15, 0.2) is 40.9 Å². The minimum Gasteiger partial charge on any atom is -0.463 e. The van der Waals surface area contributed by atoms with Crippen LogP contribution in [-0.4, -0.2) is 27.9 Å². The molecule has 0 aliphatic heterocycles. The number of esters is 1. The monoisotopic (exact) mass is 539 g/mol. The molecule has 0 fully saturated rings. The lowest BCUT2D eigenvalue weighted by molar-refractivity contribution is -0.124. The Kier molecular flexibility index (Phi) is 6.84. The minimum absolute atomic E-state index is 0.00615. The number of halogens is 4. The van der Waals surface area contributed by atoms with Crippen LogP contribution in [0.25, 0.3) is 33.9 Å². The number of benzene rings is 2. The summed E-state index contributed by atoms with van der Waals surface area (Å²) in [6, 6.07) is 11.1. The van der Waals surface area contributed by atoms with Crippen LogP contribution in [0.1, 0.15) is 23.7 Å². The van der Waals surface area contributed by atoms with E-state index in [9.17, 15) is 27.2 Å². The lowest BCUT2D eigenvalue weighted by atomic mass is 10.1. The largest absolute Gasteiger partial charge is 0.463 e. The number of amides is 1. The number of nitrogens with zero attached hydrogens (tertiary/aromatic N) is 2. The van der Waals surface area contributed by atoms with E-state index >= 15 is 0 Å². The Balaban J connectivity index is 1.42. The van der Waals surface area contributed by atoms with E-state index in [0.29, 0.717) is 33.9 Å². The van der Waals surface area contributed by atoms with Gasteiger partial charge in [-0.1, -0.05) is 6.92 Å². The second-order valence-corrected chi connectivity index (χ2v) is 8.21. The molecule has 1 amide bonds. The molecule has 39 heavy (non-hydrogen) atoms. The number of fused-ring (bicyclic) bond motifs is 1. The molecule has 1 atom stereocenters. The van der Waals surface area contributed by atoms with Gasteiger partial charge in [-0.05, 0) is 48.9 Å². The van der Waals surface area contributed by atoms with E-state index in [2.05, 4.69) is 9.97 Å². The summed E-state index contributed by atoms with van der Waals surface area (Å²) in [5, 5.41) is 1.75. The summed E-state index contributed by atoms with van der Waals surface area (Å²) < 4.78 is 71.1. The Bertz CT molecular complexity index is 1660. The number of rotatable bonds is 7. The first-order valence-corrected chi connectivity index (χ1v) is 11.5. The van der Waals surface area contributed by atoms with Gasteiger partial charge in [-0.25, -0.2) is 32.3 Å². The van der Waals surface area contributed by atoms with E-state index in [-0.39, 0.29) is 18.1 Å². The van der Waals surface area contributed by atoms with Crippen molar-refractivity contribution in [3.63, 3.8) is 0 Å². The molecular weight excluding hydrogens is 522 g/mol. The fourth-order valence-corrected chi connectivity index (χ4v) is 3.76. The number of ether oxygens (including phenoxy) is 1. The molecule has 8 nitrogen and oxygen atoms in total. The third-order valence-electron chi connectivity index (χ3n) is 5.68. The van der Waals surface area contributed by atoms with Gasteiger partial charge in [-0.15, -0.1) is 0 Å². The van der Waals surface area contributed by atoms with Gasteiger partial charge in [-0.3, -0.25) is 4.79 Å². The van der Waals surface area contributed by atoms with Crippen LogP contribution in [-0.2, 0) is 9.53 Å². The van der Waals surface area contributed by atoms with Crippen LogP contribution in [0, 0.1) is 23.3 Å². The molecule has 0 radical (unpaired) electrons. The maximum Gasteiger partial charge on any atom is 0.338 e. The summed E-state index contributed by atoms with van der Waals surface area (Å²) >= 11 is 0. The van der Waals surface area contributed by atoms with Crippen molar-refractivity contribution in [3.05, 3.63) is 89.9 Å². The maximum absolute atomic E-state index is 14.0. The molecule has 0 saturated heterocycles. The lowest BCUT2D eigenvalue weighted by Gasteiger charge is -2.17. The standard InChI is InChI=1S/C27H17F4N3O5/c1-2-18(26(35)34-25-21(30)14(28)12-15(29)22(25)31)39-27(36)13-7-8-16-17(11-13)33-24(20-6-4-10-38-20)23(32-16)19-5-3-9-37-19/h3-12,18H,2H2,1H3,(H,34,35). The van der Waals surface area contributed by atoms with Gasteiger partial charge in [0.1, 0.15) is 17.1 Å². The second kappa shape index (κ2) is 10.4. The van der Waals surface area contributed by atoms with Crippen LogP contribution in [0.2, 0.25) is 0 Å². The van der Waals surface area contributed by atoms with Crippen LogP contribution >= 0.6 is 0 Å². The molecule has 3 heterocycles. The van der Waals surface area contributed by atoms with E-state index in [0.717, 1.165) is 0 Å². The van der Waals surface area contributed by atoms with Crippen LogP contribution in [0.3, 0.4) is 0 Å². The lowest BCUT2D eigenvalue weighted by Crippen LogP contribution is -2.33. The Morgan fingerprint density at radius 3 is 2.00 bits per heavy atom. The van der Waals surface area contributed by atoms with Gasteiger partial charge < -0.3 is 18.9 Å². The molecule has 0 saturated carbocycles. The van der Waals surface area contributed by atoms with Gasteiger partial charge in [0.05, 0.1) is 29.1 Å². The molecule has 198 valence electrons. The molecule has 0 spiro atoms. The molecule has 1 unspecified atom stereocenters. The summed E-state index contributed by atoms with van der Waals surface area (Å²) in [4.78, 5) is 34.6. The average Bonchev–Trinajstić information content (AvgIpc) is 3.67. The van der Waals surface area contributed by atoms with Crippen LogP contribution in [0.5, 0.6) is 0 Å². The number of hydrogen-bond donors (Lipinski definition) is 1. The molecule has 0 aliphatic rings. The van der Waals surface area contributed by atoms with Crippen molar-refractivity contribution in [1.82, 2.24) is 9.97 Å². The van der Waals surface area contributed by atoms with Crippen LogP contribution in [0.15, 0.2) is 69.9 Å². The Labute approximate surface area is 217 Å². The highest BCUT2D eigenvalue weighted by Gasteiger charge is 2.27. The van der Waals surface area contributed by atoms with Gasteiger partial charge in [0, 0.05) is 6.07 Å². The molecule has 5 rings (SSSR count). The Morgan fingerprint density at radius 1 is 0.872 bits per heavy atom. The molecule has 1 N–H and O–H groups in total. The third kappa shape index (κ3) is 4.96. The summed E-state index contributed by atoms with van der Waals surface area (Å²) in [6.45, 7) is 1.47. The molecule has 2 aromatic carbocycles. The fraction of sp³-hybridized carbons (Fsp3) is 0.111. The first kappa shape index (κ1) is 25.6. The number of aromatic nitrogens is 2. The maximum atomic E-state index is 14.0. The van der Waals surface area contributed by atoms with Crippen molar-refractivity contribution in [2.75, 3.05) is 5.32 Å². The van der Waals surface area contributed by atoms with Crippen LogP contribution in [0.4, 0.5) is 23.2 Å². The van der Waals surface area contributed by atoms with Gasteiger partial charge in [-0.2, -0.15) is 0 Å². The van der Waals surface area contributed by atoms with Crippen LogP contribution < -0.4 is 5.32 Å². The number of carbonyl (C=O) groups excluding carboxylic acids is 2. The first-order valence-electron chi connectivity index (χ1n) is 11.5. The average molecular weight is 539 g/mol. The molecule has 0 bridgehead atoms. The summed E-state index contributed by atoms with van der Waals surface area (Å²) in [6.07, 6.45) is 1.30. The highest BCUT2D eigenvalue weighted by atomic mass is 19.2. The Hall–Kier alpha value is -5.00. The normalized spacial score (nSPS) is 11.9. The number of nitrogens with one attached hydrogen (secondary N) is 1. The van der Waals surface area contributed by atoms with Gasteiger partial charge >= 0.3 is 5.97 Å². The molecule has 0 aliphatic carbocycles. The molecule has 5 aromatic rings. The quantitative estimate of drug-likeness (QED) is 0.147. The van der Waals surface area contributed by atoms with Crippen molar-refractivity contribution >= 4 is 28.6 Å². The van der Waals surface area contributed by atoms with Crippen molar-refractivity contribution in [3.8, 4) is 22.9 Å². The number of furan rings is 2. The number of anilines is 1. The first-order chi connectivity index (χ1) is 18.8. The SMILES string of the molecule is CCC(OC(=O)c1ccc2nc(-c3ccco3)c(-c3ccco3)nc2c1)C(=O)Nc1c(F)c(F)cc(F)c1F. The van der Waals surface area contributed by atoms with Crippen molar-refractivity contribution in [1.29, 1.82) is 0 Å². The summed E-state index contributed by atoms with van der Waals surface area (Å²) in [7, 11) is 0. The summed E-state index contributed by atoms with van der Waals surface area (Å²) in [5.41, 5.74) is 0.137. The van der Waals surface area contributed by atoms with E-state index < -0.39 is 46.9 Å². The van der Waals surface area contributed by atoms with Crippen molar-refractivity contribution < 1.29 is 40.7 Å². The highest BCUT2D eigenvalue weighted by molar-refractivity contribution is 5.99. The van der Waals surface area contributed by atoms with Crippen molar-refractivity contribution in [2.45, 2.75) is 19.4 Å². The Morgan fingerprint density at radius 2 is 1.46 bits per heavy atom. The molecule has 12 heteroatoms. The predicted molar refractivity (Wildman–Crippen MR) is 129 cm³/mol. The zero-order chi connectivity index (χ0) is 27.7. The zero-order valence-corrected chi connectivity index (χ0v) is 20.0. The summed E-state index contributed by atoms with van der Waals surface area (Å²) in [5.74, 6) is -8.28.